The molecule has 0 fully saturated rings. The maximum absolute atomic E-state index is 13.3. The van der Waals surface area contributed by atoms with Gasteiger partial charge in [0.05, 0.1) is 26.3 Å². The van der Waals surface area contributed by atoms with E-state index in [9.17, 15) is 9.18 Å². The minimum Gasteiger partial charge on any atom is -0.478 e. The van der Waals surface area contributed by atoms with E-state index in [1.807, 2.05) is 0 Å². The second-order valence-corrected chi connectivity index (χ2v) is 4.82. The van der Waals surface area contributed by atoms with Gasteiger partial charge in [0, 0.05) is 11.6 Å². The van der Waals surface area contributed by atoms with E-state index in [1.165, 1.54) is 18.2 Å². The van der Waals surface area contributed by atoms with E-state index in [-0.39, 0.29) is 26.3 Å². The maximum Gasteiger partial charge on any atom is 0.335 e. The molecule has 3 nitrogen and oxygen atoms in total. The van der Waals surface area contributed by atoms with Crippen LogP contribution in [0.5, 0.6) is 0 Å². The molecule has 0 unspecified atom stereocenters. The molecule has 0 saturated heterocycles. The Labute approximate surface area is 122 Å². The molecular formula is C12H5Cl3FNO2. The van der Waals surface area contributed by atoms with Gasteiger partial charge >= 0.3 is 5.97 Å². The van der Waals surface area contributed by atoms with Crippen molar-refractivity contribution in [3.63, 3.8) is 0 Å². The van der Waals surface area contributed by atoms with Crippen LogP contribution in [0.3, 0.4) is 0 Å². The SMILES string of the molecule is O=C(O)c1cc(F)nc(-c2cc(Cl)c(Cl)c(Cl)c2)c1. The zero-order valence-corrected chi connectivity index (χ0v) is 11.4. The average molecular weight is 321 g/mol. The molecule has 0 aliphatic rings. The Morgan fingerprint density at radius 2 is 1.68 bits per heavy atom. The summed E-state index contributed by atoms with van der Waals surface area (Å²) in [5.41, 5.74) is 0.268. The summed E-state index contributed by atoms with van der Waals surface area (Å²) in [7, 11) is 0. The fourth-order valence-electron chi connectivity index (χ4n) is 1.47. The second-order valence-electron chi connectivity index (χ2n) is 3.62. The normalized spacial score (nSPS) is 10.5. The number of benzene rings is 1. The Balaban J connectivity index is 2.62. The molecule has 1 aromatic heterocycles. The highest BCUT2D eigenvalue weighted by molar-refractivity contribution is 6.48. The Morgan fingerprint density at radius 1 is 1.11 bits per heavy atom. The number of hydrogen-bond acceptors (Lipinski definition) is 2. The van der Waals surface area contributed by atoms with Crippen molar-refractivity contribution in [1.29, 1.82) is 0 Å². The van der Waals surface area contributed by atoms with Gasteiger partial charge in [-0.05, 0) is 18.2 Å². The average Bonchev–Trinajstić information content (AvgIpc) is 2.34. The first kappa shape index (κ1) is 14.1. The van der Waals surface area contributed by atoms with Crippen molar-refractivity contribution < 1.29 is 14.3 Å². The first-order chi connectivity index (χ1) is 8.88. The third-order valence-corrected chi connectivity index (χ3v) is 3.52. The molecule has 0 aliphatic heterocycles. The largest absolute Gasteiger partial charge is 0.478 e. The summed E-state index contributed by atoms with van der Waals surface area (Å²) in [6, 6.07) is 4.92. The third-order valence-electron chi connectivity index (χ3n) is 2.32. The van der Waals surface area contributed by atoms with Crippen LogP contribution in [0.2, 0.25) is 15.1 Å². The lowest BCUT2D eigenvalue weighted by molar-refractivity contribution is 0.0696. The van der Waals surface area contributed by atoms with E-state index in [0.717, 1.165) is 6.07 Å². The van der Waals surface area contributed by atoms with Crippen molar-refractivity contribution in [2.24, 2.45) is 0 Å². The van der Waals surface area contributed by atoms with Gasteiger partial charge in [-0.1, -0.05) is 34.8 Å². The first-order valence-electron chi connectivity index (χ1n) is 4.94. The molecule has 98 valence electrons. The van der Waals surface area contributed by atoms with Crippen LogP contribution in [0, 0.1) is 5.95 Å². The number of aromatic nitrogens is 1. The van der Waals surface area contributed by atoms with Gasteiger partial charge in [0.15, 0.2) is 0 Å². The fourth-order valence-corrected chi connectivity index (χ4v) is 2.07. The number of pyridine rings is 1. The second kappa shape index (κ2) is 5.33. The summed E-state index contributed by atoms with van der Waals surface area (Å²) in [6.45, 7) is 0. The smallest absolute Gasteiger partial charge is 0.335 e. The minimum absolute atomic E-state index is 0.109. The minimum atomic E-state index is -1.26. The van der Waals surface area contributed by atoms with E-state index in [4.69, 9.17) is 39.9 Å². The predicted octanol–water partition coefficient (Wildman–Crippen LogP) is 4.55. The number of rotatable bonds is 2. The summed E-state index contributed by atoms with van der Waals surface area (Å²) < 4.78 is 13.3. The number of carbonyl (C=O) groups is 1. The molecular weight excluding hydrogens is 315 g/mol. The van der Waals surface area contributed by atoms with Crippen LogP contribution < -0.4 is 0 Å². The summed E-state index contributed by atoms with van der Waals surface area (Å²) in [6.07, 6.45) is 0. The lowest BCUT2D eigenvalue weighted by atomic mass is 10.1. The molecule has 0 aliphatic carbocycles. The van der Waals surface area contributed by atoms with Crippen molar-refractivity contribution in [2.45, 2.75) is 0 Å². The fraction of sp³-hybridized carbons (Fsp3) is 0. The van der Waals surface area contributed by atoms with Crippen molar-refractivity contribution in [3.8, 4) is 11.3 Å². The van der Waals surface area contributed by atoms with Crippen molar-refractivity contribution >= 4 is 40.8 Å². The Kier molecular flexibility index (Phi) is 3.94. The molecule has 0 atom stereocenters. The number of hydrogen-bond donors (Lipinski definition) is 1. The Bertz CT molecular complexity index is 653. The summed E-state index contributed by atoms with van der Waals surface area (Å²) in [4.78, 5) is 14.5. The molecule has 1 aromatic carbocycles. The number of aromatic carboxylic acids is 1. The third kappa shape index (κ3) is 2.97. The van der Waals surface area contributed by atoms with Gasteiger partial charge < -0.3 is 5.11 Å². The highest BCUT2D eigenvalue weighted by atomic mass is 35.5. The van der Waals surface area contributed by atoms with Gasteiger partial charge in [0.25, 0.3) is 0 Å². The lowest BCUT2D eigenvalue weighted by Crippen LogP contribution is -2.00. The molecule has 0 spiro atoms. The van der Waals surface area contributed by atoms with E-state index in [1.54, 1.807) is 0 Å². The first-order valence-corrected chi connectivity index (χ1v) is 6.07. The van der Waals surface area contributed by atoms with Crippen LogP contribution in [0.25, 0.3) is 11.3 Å². The molecule has 19 heavy (non-hydrogen) atoms. The summed E-state index contributed by atoms with van der Waals surface area (Å²) in [5, 5.41) is 9.38. The van der Waals surface area contributed by atoms with Crippen LogP contribution in [0.1, 0.15) is 10.4 Å². The predicted molar refractivity (Wildman–Crippen MR) is 71.6 cm³/mol. The highest BCUT2D eigenvalue weighted by Gasteiger charge is 2.12. The molecule has 7 heteroatoms. The summed E-state index contributed by atoms with van der Waals surface area (Å²) in [5.74, 6) is -2.16. The van der Waals surface area contributed by atoms with Gasteiger partial charge in [-0.15, -0.1) is 0 Å². The topological polar surface area (TPSA) is 50.2 Å². The van der Waals surface area contributed by atoms with Gasteiger partial charge in [0.2, 0.25) is 5.95 Å². The zero-order chi connectivity index (χ0) is 14.2. The van der Waals surface area contributed by atoms with Crippen LogP contribution in [-0.2, 0) is 0 Å². The van der Waals surface area contributed by atoms with Gasteiger partial charge in [-0.3, -0.25) is 0 Å². The van der Waals surface area contributed by atoms with Crippen LogP contribution in [-0.4, -0.2) is 16.1 Å². The van der Waals surface area contributed by atoms with Crippen LogP contribution >= 0.6 is 34.8 Å². The van der Waals surface area contributed by atoms with Crippen LogP contribution in [0.15, 0.2) is 24.3 Å². The number of carboxylic acid groups (broad SMARTS) is 1. The zero-order valence-electron chi connectivity index (χ0n) is 9.12. The molecule has 0 bridgehead atoms. The maximum atomic E-state index is 13.3. The monoisotopic (exact) mass is 319 g/mol. The van der Waals surface area contributed by atoms with E-state index in [2.05, 4.69) is 4.98 Å². The van der Waals surface area contributed by atoms with Gasteiger partial charge in [-0.25, -0.2) is 9.78 Å². The van der Waals surface area contributed by atoms with Crippen molar-refractivity contribution in [1.82, 2.24) is 4.98 Å². The molecule has 1 N–H and O–H groups in total. The van der Waals surface area contributed by atoms with E-state index in [0.29, 0.717) is 5.56 Å². The van der Waals surface area contributed by atoms with Gasteiger partial charge in [-0.2, -0.15) is 4.39 Å². The molecule has 1 heterocycles. The number of carboxylic acids is 1. The van der Waals surface area contributed by atoms with Crippen molar-refractivity contribution in [3.05, 3.63) is 50.8 Å². The van der Waals surface area contributed by atoms with E-state index >= 15 is 0 Å². The quantitative estimate of drug-likeness (QED) is 0.652. The van der Waals surface area contributed by atoms with E-state index < -0.39 is 11.9 Å². The number of nitrogens with zero attached hydrogens (tertiary/aromatic N) is 1. The number of halogens is 4. The molecule has 2 aromatic rings. The molecule has 0 radical (unpaired) electrons. The van der Waals surface area contributed by atoms with Gasteiger partial charge in [0.1, 0.15) is 0 Å². The Hall–Kier alpha value is -1.36. The molecule has 0 saturated carbocycles. The molecule has 2 rings (SSSR count). The molecule has 0 amide bonds. The van der Waals surface area contributed by atoms with Crippen molar-refractivity contribution in [2.75, 3.05) is 0 Å². The van der Waals surface area contributed by atoms with Crippen LogP contribution in [0.4, 0.5) is 4.39 Å². The Morgan fingerprint density at radius 3 is 2.21 bits per heavy atom. The standard InChI is InChI=1S/C12H5Cl3FNO2/c13-7-1-5(2-8(14)11(7)15)9-3-6(12(18)19)4-10(16)17-9/h1-4H,(H,18,19). The highest BCUT2D eigenvalue weighted by Crippen LogP contribution is 2.34. The lowest BCUT2D eigenvalue weighted by Gasteiger charge is -2.06. The summed E-state index contributed by atoms with van der Waals surface area (Å²) >= 11 is 17.5.